The maximum Gasteiger partial charge on any atom is 0.417 e. The molecule has 55 heavy (non-hydrogen) atoms. The number of nitrogen functional groups attached to an aromatic ring is 1. The Hall–Kier alpha value is -4.36. The quantitative estimate of drug-likeness (QED) is 0.177. The molecule has 3 aliphatic heterocycles. The van der Waals surface area contributed by atoms with E-state index in [0.717, 1.165) is 37.5 Å². The van der Waals surface area contributed by atoms with Crippen LogP contribution >= 0.6 is 11.3 Å². The molecule has 0 radical (unpaired) electrons. The Kier molecular flexibility index (Phi) is 10.3. The van der Waals surface area contributed by atoms with Gasteiger partial charge in [-0.1, -0.05) is 19.9 Å². The first-order valence-electron chi connectivity index (χ1n) is 18.9. The molecule has 4 aliphatic rings. The van der Waals surface area contributed by atoms with Crippen molar-refractivity contribution < 1.29 is 35.9 Å². The van der Waals surface area contributed by atoms with Gasteiger partial charge in [-0.15, -0.1) is 11.3 Å². The molecule has 2 N–H and O–H groups in total. The molecule has 0 bridgehead atoms. The highest BCUT2D eigenvalue weighted by Crippen LogP contribution is 2.49. The fourth-order valence-electron chi connectivity index (χ4n) is 8.87. The number of hydrogen-bond acceptors (Lipinski definition) is 9. The smallest absolute Gasteiger partial charge is 0.417 e. The fraction of sp³-hybridized carbons (Fsp3) is 0.538. The monoisotopic (exact) mass is 787 g/mol. The van der Waals surface area contributed by atoms with Gasteiger partial charge in [-0.3, -0.25) is 9.69 Å². The molecular formula is C39H43F6N7O2S. The molecule has 2 aromatic heterocycles. The van der Waals surface area contributed by atoms with Crippen LogP contribution in [0.4, 0.5) is 37.2 Å². The summed E-state index contributed by atoms with van der Waals surface area (Å²) in [6, 6.07) is 3.56. The van der Waals surface area contributed by atoms with Gasteiger partial charge in [0.1, 0.15) is 41.0 Å². The number of thiophene rings is 1. The Morgan fingerprint density at radius 2 is 1.93 bits per heavy atom. The topological polar surface area (TPSA) is 112 Å². The first-order chi connectivity index (χ1) is 26.3. The molecule has 16 heteroatoms. The van der Waals surface area contributed by atoms with Gasteiger partial charge in [-0.2, -0.15) is 28.4 Å². The Labute approximate surface area is 319 Å². The van der Waals surface area contributed by atoms with Crippen molar-refractivity contribution in [3.63, 3.8) is 0 Å². The van der Waals surface area contributed by atoms with E-state index in [9.17, 15) is 14.4 Å². The van der Waals surface area contributed by atoms with E-state index in [2.05, 4.69) is 9.97 Å². The van der Waals surface area contributed by atoms with Crippen molar-refractivity contribution in [1.29, 1.82) is 5.26 Å². The summed E-state index contributed by atoms with van der Waals surface area (Å²) in [5, 5.41) is 9.30. The summed E-state index contributed by atoms with van der Waals surface area (Å²) in [5.74, 6) is -2.17. The lowest BCUT2D eigenvalue weighted by Crippen LogP contribution is -2.46. The highest BCUT2D eigenvalue weighted by molar-refractivity contribution is 7.23. The van der Waals surface area contributed by atoms with Gasteiger partial charge in [-0.25, -0.2) is 13.2 Å². The van der Waals surface area contributed by atoms with Crippen LogP contribution in [0.2, 0.25) is 0 Å². The molecule has 1 amide bonds. The highest BCUT2D eigenvalue weighted by Gasteiger charge is 2.50. The second-order valence-electron chi connectivity index (χ2n) is 14.6. The van der Waals surface area contributed by atoms with Crippen LogP contribution in [-0.2, 0) is 11.0 Å². The second kappa shape index (κ2) is 14.6. The number of halogens is 6. The van der Waals surface area contributed by atoms with Crippen LogP contribution < -0.4 is 15.4 Å². The van der Waals surface area contributed by atoms with Crippen LogP contribution in [0.25, 0.3) is 32.1 Å². The molecule has 4 unspecified atom stereocenters. The molecule has 1 saturated carbocycles. The normalized spacial score (nSPS) is 23.9. The Bertz CT molecular complexity index is 2190. The minimum atomic E-state index is -5.12. The van der Waals surface area contributed by atoms with Crippen LogP contribution in [-0.4, -0.2) is 82.3 Å². The van der Waals surface area contributed by atoms with Gasteiger partial charge in [0.2, 0.25) is 5.91 Å². The largest absolute Gasteiger partial charge is 0.461 e. The summed E-state index contributed by atoms with van der Waals surface area (Å²) in [4.78, 5) is 27.8. The van der Waals surface area contributed by atoms with E-state index in [0.29, 0.717) is 37.3 Å². The van der Waals surface area contributed by atoms with Crippen molar-refractivity contribution in [3.05, 3.63) is 41.0 Å². The number of aromatic nitrogens is 2. The number of amides is 1. The van der Waals surface area contributed by atoms with Crippen molar-refractivity contribution in [3.8, 4) is 23.2 Å². The number of likely N-dealkylation sites (N-methyl/N-ethyl adjacent to an activating group) is 1. The van der Waals surface area contributed by atoms with E-state index in [1.165, 1.54) is 0 Å². The predicted molar refractivity (Wildman–Crippen MR) is 200 cm³/mol. The van der Waals surface area contributed by atoms with Crippen molar-refractivity contribution in [1.82, 2.24) is 19.8 Å². The van der Waals surface area contributed by atoms with E-state index >= 15 is 22.0 Å². The lowest BCUT2D eigenvalue weighted by Gasteiger charge is -2.35. The summed E-state index contributed by atoms with van der Waals surface area (Å²) in [6.45, 7) is 9.32. The SMILES string of the molecule is CC.CCN(c1nc(OCC23CCCN2CC(F)C3)nc2c(F)c(-c3ccc(F)c4sc(N)c(C#N)c34)c(C(F)(F)F)cc12)C1CCN(C(=O)C2CC2)C1C. The summed E-state index contributed by atoms with van der Waals surface area (Å²) < 4.78 is 98.4. The Balaban J connectivity index is 0.00000229. The maximum absolute atomic E-state index is 17.3. The van der Waals surface area contributed by atoms with E-state index in [-0.39, 0.29) is 93.5 Å². The number of nitriles is 1. The number of carbonyl (C=O) groups is 1. The number of anilines is 2. The van der Waals surface area contributed by atoms with Gasteiger partial charge < -0.3 is 20.3 Å². The zero-order valence-corrected chi connectivity index (χ0v) is 31.9. The number of nitrogens with two attached hydrogens (primary N) is 1. The molecule has 4 aromatic rings. The zero-order chi connectivity index (χ0) is 39.6. The molecule has 2 aromatic carbocycles. The number of rotatable bonds is 8. The molecule has 9 nitrogen and oxygen atoms in total. The molecule has 0 spiro atoms. The number of carbonyl (C=O) groups excluding carboxylic acids is 1. The number of nitrogens with zero attached hydrogens (tertiary/aromatic N) is 6. The minimum Gasteiger partial charge on any atom is -0.461 e. The molecule has 4 atom stereocenters. The van der Waals surface area contributed by atoms with Crippen LogP contribution in [0, 0.1) is 28.9 Å². The Morgan fingerprint density at radius 3 is 2.60 bits per heavy atom. The maximum atomic E-state index is 17.3. The van der Waals surface area contributed by atoms with Gasteiger partial charge in [0, 0.05) is 54.4 Å². The minimum absolute atomic E-state index is 0.00154. The lowest BCUT2D eigenvalue weighted by atomic mass is 9.92. The number of benzene rings is 2. The van der Waals surface area contributed by atoms with Crippen LogP contribution in [0.1, 0.15) is 77.3 Å². The number of ether oxygens (including phenoxy) is 1. The van der Waals surface area contributed by atoms with Crippen LogP contribution in [0.3, 0.4) is 0 Å². The molecule has 4 fully saturated rings. The summed E-state index contributed by atoms with van der Waals surface area (Å²) >= 11 is 0.687. The van der Waals surface area contributed by atoms with E-state index in [4.69, 9.17) is 10.5 Å². The van der Waals surface area contributed by atoms with Gasteiger partial charge in [0.25, 0.3) is 0 Å². The van der Waals surface area contributed by atoms with Crippen molar-refractivity contribution >= 4 is 49.1 Å². The average molecular weight is 788 g/mol. The van der Waals surface area contributed by atoms with Crippen molar-refractivity contribution in [2.75, 3.05) is 43.4 Å². The first-order valence-corrected chi connectivity index (χ1v) is 19.7. The third-order valence-corrected chi connectivity index (χ3v) is 12.6. The molecule has 3 saturated heterocycles. The fourth-order valence-corrected chi connectivity index (χ4v) is 9.82. The molecular weight excluding hydrogens is 745 g/mol. The molecule has 1 aliphatic carbocycles. The number of alkyl halides is 4. The molecule has 5 heterocycles. The van der Waals surface area contributed by atoms with Crippen LogP contribution in [0.15, 0.2) is 18.2 Å². The second-order valence-corrected chi connectivity index (χ2v) is 15.7. The van der Waals surface area contributed by atoms with Gasteiger partial charge >= 0.3 is 12.2 Å². The Morgan fingerprint density at radius 1 is 1.18 bits per heavy atom. The van der Waals surface area contributed by atoms with E-state index < -0.39 is 46.2 Å². The van der Waals surface area contributed by atoms with Gasteiger partial charge in [0.05, 0.1) is 27.4 Å². The standard InChI is InChI=1S/C37H37F6N7O2S.C2H6/c1-3-49(26-9-12-50(18(26)2)34(51)19-5-6-19)33-22-13-24(37(41,42)43)28(21-7-8-25(39)31-27(21)23(15-44)32(45)53-31)29(40)30(22)46-35(47-33)52-17-36-10-4-11-48(36)16-20(38)14-36;1-2/h7-8,13,18-20,26H,3-6,9-12,14,16-17,45H2,1-2H3;1-2H3. The average Bonchev–Trinajstić information content (AvgIpc) is 3.56. The summed E-state index contributed by atoms with van der Waals surface area (Å²) in [5.41, 5.74) is 1.97. The van der Waals surface area contributed by atoms with E-state index in [1.807, 2.05) is 31.7 Å². The predicted octanol–water partition coefficient (Wildman–Crippen LogP) is 8.47. The van der Waals surface area contributed by atoms with Crippen LogP contribution in [0.5, 0.6) is 6.01 Å². The molecule has 294 valence electrons. The first kappa shape index (κ1) is 38.9. The lowest BCUT2D eigenvalue weighted by molar-refractivity contribution is -0.137. The number of hydrogen-bond donors (Lipinski definition) is 1. The summed E-state index contributed by atoms with van der Waals surface area (Å²) in [6.07, 6.45) is -2.29. The number of likely N-dealkylation sites (tertiary alicyclic amines) is 1. The van der Waals surface area contributed by atoms with Gasteiger partial charge in [0.15, 0.2) is 5.82 Å². The van der Waals surface area contributed by atoms with Crippen molar-refractivity contribution in [2.45, 2.75) is 96.2 Å². The van der Waals surface area contributed by atoms with E-state index in [1.54, 1.807) is 16.7 Å². The zero-order valence-electron chi connectivity index (χ0n) is 31.1. The summed E-state index contributed by atoms with van der Waals surface area (Å²) in [7, 11) is 0. The highest BCUT2D eigenvalue weighted by atomic mass is 32.1. The molecule has 8 rings (SSSR count). The van der Waals surface area contributed by atoms with Gasteiger partial charge in [-0.05, 0) is 70.2 Å². The third kappa shape index (κ3) is 6.60. The van der Waals surface area contributed by atoms with Crippen molar-refractivity contribution in [2.24, 2.45) is 5.92 Å². The number of fused-ring (bicyclic) bond motifs is 3. The third-order valence-electron chi connectivity index (χ3n) is 11.6.